The smallest absolute Gasteiger partial charge is 0.327 e. The van der Waals surface area contributed by atoms with Gasteiger partial charge in [0.05, 0.1) is 34.7 Å². The summed E-state index contributed by atoms with van der Waals surface area (Å²) in [4.78, 5) is 75.4. The van der Waals surface area contributed by atoms with E-state index in [0.717, 1.165) is 0 Å². The highest BCUT2D eigenvalue weighted by atomic mass is 32.2. The highest BCUT2D eigenvalue weighted by Crippen LogP contribution is 2.55. The number of rotatable bonds is 10. The zero-order valence-corrected chi connectivity index (χ0v) is 29.0. The summed E-state index contributed by atoms with van der Waals surface area (Å²) in [5, 5.41) is 27.5. The first-order valence-corrected chi connectivity index (χ1v) is 17.5. The van der Waals surface area contributed by atoms with Gasteiger partial charge in [0.2, 0.25) is 11.8 Å². The third-order valence-corrected chi connectivity index (χ3v) is 12.8. The van der Waals surface area contributed by atoms with E-state index in [-0.39, 0.29) is 52.7 Å². The van der Waals surface area contributed by atoms with Crippen molar-refractivity contribution in [2.45, 2.75) is 84.9 Å². The largest absolute Gasteiger partial charge is 0.508 e. The van der Waals surface area contributed by atoms with E-state index in [0.29, 0.717) is 11.1 Å². The van der Waals surface area contributed by atoms with Crippen molar-refractivity contribution < 1.29 is 44.1 Å². The molecule has 4 heterocycles. The highest BCUT2D eigenvalue weighted by Gasteiger charge is 2.65. The molecule has 4 fully saturated rings. The van der Waals surface area contributed by atoms with E-state index in [2.05, 4.69) is 0 Å². The van der Waals surface area contributed by atoms with Crippen LogP contribution in [0.15, 0.2) is 54.6 Å². The second-order valence-corrected chi connectivity index (χ2v) is 17.2. The fourth-order valence-electron chi connectivity index (χ4n) is 6.96. The second-order valence-electron chi connectivity index (χ2n) is 13.7. The van der Waals surface area contributed by atoms with Gasteiger partial charge in [-0.05, 0) is 51.0 Å². The maximum atomic E-state index is 12.5. The predicted octanol–water partition coefficient (Wildman–Crippen LogP) is 2.52. The van der Waals surface area contributed by atoms with Crippen molar-refractivity contribution >= 4 is 58.8 Å². The minimum Gasteiger partial charge on any atom is -0.508 e. The number of carbonyl (C=O) groups excluding carboxylic acids is 4. The number of phenols is 1. The lowest BCUT2D eigenvalue weighted by Crippen LogP contribution is -2.63. The number of amides is 2. The summed E-state index contributed by atoms with van der Waals surface area (Å²) in [7, 11) is 0. The van der Waals surface area contributed by atoms with Crippen LogP contribution in [0.5, 0.6) is 5.75 Å². The molecule has 4 aliphatic rings. The van der Waals surface area contributed by atoms with Crippen LogP contribution in [0.4, 0.5) is 0 Å². The number of β-lactam (4-membered cyclic amide) rings is 2. The summed E-state index contributed by atoms with van der Waals surface area (Å²) in [6.07, 6.45) is 0.0307. The van der Waals surface area contributed by atoms with Gasteiger partial charge in [-0.15, -0.1) is 23.5 Å². The molecule has 49 heavy (non-hydrogen) atoms. The lowest BCUT2D eigenvalue weighted by molar-refractivity contribution is -0.164. The zero-order valence-electron chi connectivity index (χ0n) is 27.4. The molecular weight excluding hydrogens is 673 g/mol. The summed E-state index contributed by atoms with van der Waals surface area (Å²) >= 11 is 2.86. The van der Waals surface area contributed by atoms with Crippen LogP contribution in [0.2, 0.25) is 0 Å². The van der Waals surface area contributed by atoms with Gasteiger partial charge in [-0.3, -0.25) is 19.2 Å². The third-order valence-electron chi connectivity index (χ3n) is 9.52. The molecule has 0 bridgehead atoms. The van der Waals surface area contributed by atoms with Crippen LogP contribution in [0.3, 0.4) is 0 Å². The van der Waals surface area contributed by atoms with Crippen molar-refractivity contribution in [3.8, 4) is 5.75 Å². The van der Waals surface area contributed by atoms with Crippen LogP contribution in [0.1, 0.15) is 63.7 Å². The average Bonchev–Trinajstić information content (AvgIpc) is 3.47. The lowest BCUT2D eigenvalue weighted by atomic mass is 9.86. The first kappa shape index (κ1) is 36.4. The monoisotopic (exact) mass is 712 g/mol. The number of fused-ring (bicyclic) bond motifs is 2. The minimum atomic E-state index is -1.03. The van der Waals surface area contributed by atoms with Gasteiger partial charge < -0.3 is 36.6 Å². The number of aliphatic carboxylic acids is 2. The normalized spacial score (nSPS) is 28.5. The molecule has 15 heteroatoms. The SMILES string of the molecule is CC1(C)S[C@@H]2[C@H](CC(=O)[C@H](N)c3ccc(O)cc3)C(=O)N2[C@H]1C(=O)O.CC1(C)S[C@@H]2[C@H](CC(=O)[C@H](N)c3ccccc3)C(=O)N2[C@H]1C(=O)O. The van der Waals surface area contributed by atoms with Gasteiger partial charge in [-0.25, -0.2) is 9.59 Å². The number of phenolic OH excluding ortho intramolecular Hbond substituents is 1. The van der Waals surface area contributed by atoms with E-state index in [1.807, 2.05) is 32.0 Å². The van der Waals surface area contributed by atoms with Gasteiger partial charge in [-0.1, -0.05) is 42.5 Å². The summed E-state index contributed by atoms with van der Waals surface area (Å²) in [5.41, 5.74) is 13.3. The van der Waals surface area contributed by atoms with Crippen molar-refractivity contribution in [3.63, 3.8) is 0 Å². The summed E-state index contributed by atoms with van der Waals surface area (Å²) in [5.74, 6) is -4.02. The average molecular weight is 713 g/mol. The standard InChI is InChI=1S/C17H20N2O5S.C17H20N2O4S/c1-17(2)13(16(23)24)19-14(22)10(15(19)25-17)7-11(21)12(18)8-3-5-9(20)6-4-8;1-17(2)13(16(22)23)19-14(21)10(15(19)24-17)8-11(20)12(18)9-6-4-3-5-7-9/h3-6,10,12-13,15,20H,7,18H2,1-2H3,(H,23,24);3-7,10,12-13,15H,8,18H2,1-2H3,(H,22,23)/t2*10-,12-,13+,15-/m11/s1. The number of nitrogens with zero attached hydrogens (tertiary/aromatic N) is 2. The molecule has 0 saturated carbocycles. The van der Waals surface area contributed by atoms with Gasteiger partial charge in [0.1, 0.15) is 17.8 Å². The molecule has 7 N–H and O–H groups in total. The zero-order chi connectivity index (χ0) is 36.2. The van der Waals surface area contributed by atoms with E-state index >= 15 is 0 Å². The van der Waals surface area contributed by atoms with E-state index in [9.17, 15) is 44.1 Å². The summed E-state index contributed by atoms with van der Waals surface area (Å²) < 4.78 is -1.19. The Morgan fingerprint density at radius 2 is 1.06 bits per heavy atom. The van der Waals surface area contributed by atoms with Gasteiger partial charge in [0, 0.05) is 22.3 Å². The maximum Gasteiger partial charge on any atom is 0.327 e. The molecule has 8 atom stereocenters. The Bertz CT molecular complexity index is 1670. The predicted molar refractivity (Wildman–Crippen MR) is 182 cm³/mol. The Hall–Kier alpha value is -3.92. The number of Topliss-reactive ketones (excluding diaryl/α,β-unsaturated/α-hetero) is 2. The molecule has 6 rings (SSSR count). The number of nitrogens with two attached hydrogens (primary N) is 2. The Morgan fingerprint density at radius 3 is 1.43 bits per heavy atom. The van der Waals surface area contributed by atoms with E-state index in [1.54, 1.807) is 38.1 Å². The number of aromatic hydroxyl groups is 1. The Morgan fingerprint density at radius 1 is 0.694 bits per heavy atom. The van der Waals surface area contributed by atoms with Gasteiger partial charge in [0.25, 0.3) is 0 Å². The molecule has 2 amide bonds. The molecule has 0 aliphatic carbocycles. The van der Waals surface area contributed by atoms with Crippen molar-refractivity contribution in [2.75, 3.05) is 0 Å². The molecule has 262 valence electrons. The van der Waals surface area contributed by atoms with Crippen LogP contribution >= 0.6 is 23.5 Å². The topological polar surface area (TPSA) is 222 Å². The number of hydrogen-bond acceptors (Lipinski definition) is 11. The molecule has 0 spiro atoms. The Labute approximate surface area is 291 Å². The Balaban J connectivity index is 0.000000191. The van der Waals surface area contributed by atoms with Crippen molar-refractivity contribution in [3.05, 3.63) is 65.7 Å². The summed E-state index contributed by atoms with van der Waals surface area (Å²) in [6.45, 7) is 7.22. The quantitative estimate of drug-likeness (QED) is 0.224. The van der Waals surface area contributed by atoms with Crippen LogP contribution < -0.4 is 11.5 Å². The van der Waals surface area contributed by atoms with Crippen LogP contribution in [0, 0.1) is 11.8 Å². The van der Waals surface area contributed by atoms with Crippen molar-refractivity contribution in [1.82, 2.24) is 9.80 Å². The molecule has 0 radical (unpaired) electrons. The van der Waals surface area contributed by atoms with E-state index in [4.69, 9.17) is 11.5 Å². The molecule has 4 aliphatic heterocycles. The first-order chi connectivity index (χ1) is 22.9. The number of carboxylic acid groups (broad SMARTS) is 2. The van der Waals surface area contributed by atoms with Crippen molar-refractivity contribution in [2.24, 2.45) is 23.3 Å². The van der Waals surface area contributed by atoms with E-state index < -0.39 is 57.4 Å². The van der Waals surface area contributed by atoms with Gasteiger partial charge in [-0.2, -0.15) is 0 Å². The minimum absolute atomic E-state index is 0.0164. The van der Waals surface area contributed by atoms with E-state index in [1.165, 1.54) is 45.5 Å². The van der Waals surface area contributed by atoms with Gasteiger partial charge in [0.15, 0.2) is 11.6 Å². The fraction of sp³-hybridized carbons (Fsp3) is 0.471. The molecule has 2 aromatic rings. The Kier molecular flexibility index (Phi) is 9.96. The number of benzene rings is 2. The van der Waals surface area contributed by atoms with Crippen LogP contribution in [-0.4, -0.2) is 92.8 Å². The maximum absolute atomic E-state index is 12.5. The molecule has 0 unspecified atom stereocenters. The number of ketones is 2. The second kappa shape index (κ2) is 13.4. The molecule has 13 nitrogen and oxygen atoms in total. The number of thioether (sulfide) groups is 2. The van der Waals surface area contributed by atoms with Crippen LogP contribution in [0.25, 0.3) is 0 Å². The van der Waals surface area contributed by atoms with Gasteiger partial charge >= 0.3 is 11.9 Å². The molecule has 0 aromatic heterocycles. The molecular formula is C34H40N4O9S2. The van der Waals surface area contributed by atoms with Crippen LogP contribution in [-0.2, 0) is 28.8 Å². The molecule has 2 aromatic carbocycles. The van der Waals surface area contributed by atoms with Crippen molar-refractivity contribution in [1.29, 1.82) is 0 Å². The first-order valence-electron chi connectivity index (χ1n) is 15.7. The number of hydrogen-bond donors (Lipinski definition) is 5. The number of carboxylic acids is 2. The summed E-state index contributed by atoms with van der Waals surface area (Å²) in [6, 6.07) is 11.7. The lowest BCUT2D eigenvalue weighted by Gasteiger charge is -2.43. The fourth-order valence-corrected chi connectivity index (χ4v) is 10.3. The number of carbonyl (C=O) groups is 6. The third kappa shape index (κ3) is 6.68. The highest BCUT2D eigenvalue weighted by molar-refractivity contribution is 8.02. The molecule has 4 saturated heterocycles.